The van der Waals surface area contributed by atoms with Gasteiger partial charge in [-0.25, -0.2) is 0 Å². The molecule has 0 bridgehead atoms. The SMILES string of the molecule is CCCCCC(C)(C)CNCC1CNCc2ccccc21. The van der Waals surface area contributed by atoms with Crippen LogP contribution < -0.4 is 10.6 Å². The van der Waals surface area contributed by atoms with Gasteiger partial charge in [0.15, 0.2) is 0 Å². The maximum Gasteiger partial charge on any atom is 0.0208 e. The molecule has 0 radical (unpaired) electrons. The molecule has 0 aliphatic carbocycles. The van der Waals surface area contributed by atoms with Gasteiger partial charge < -0.3 is 10.6 Å². The molecule has 2 heteroatoms. The fraction of sp³-hybridized carbons (Fsp3) is 0.684. The van der Waals surface area contributed by atoms with Crippen molar-refractivity contribution in [1.82, 2.24) is 10.6 Å². The fourth-order valence-corrected chi connectivity index (χ4v) is 3.29. The van der Waals surface area contributed by atoms with Gasteiger partial charge in [-0.2, -0.15) is 0 Å². The van der Waals surface area contributed by atoms with Crippen LogP contribution in [0.5, 0.6) is 0 Å². The fourth-order valence-electron chi connectivity index (χ4n) is 3.29. The minimum Gasteiger partial charge on any atom is -0.316 e. The van der Waals surface area contributed by atoms with E-state index in [4.69, 9.17) is 0 Å². The quantitative estimate of drug-likeness (QED) is 0.705. The molecule has 21 heavy (non-hydrogen) atoms. The van der Waals surface area contributed by atoms with Crippen LogP contribution in [0, 0.1) is 5.41 Å². The van der Waals surface area contributed by atoms with Crippen LogP contribution in [-0.2, 0) is 6.54 Å². The van der Waals surface area contributed by atoms with Gasteiger partial charge in [0.05, 0.1) is 0 Å². The summed E-state index contributed by atoms with van der Waals surface area (Å²) in [6.07, 6.45) is 5.36. The highest BCUT2D eigenvalue weighted by Gasteiger charge is 2.21. The largest absolute Gasteiger partial charge is 0.316 e. The molecule has 0 aromatic heterocycles. The molecule has 2 rings (SSSR count). The van der Waals surface area contributed by atoms with Crippen molar-refractivity contribution in [3.63, 3.8) is 0 Å². The van der Waals surface area contributed by atoms with E-state index in [9.17, 15) is 0 Å². The van der Waals surface area contributed by atoms with Crippen molar-refractivity contribution in [1.29, 1.82) is 0 Å². The molecular formula is C19H32N2. The minimum absolute atomic E-state index is 0.413. The zero-order chi connectivity index (χ0) is 15.1. The van der Waals surface area contributed by atoms with E-state index in [1.165, 1.54) is 36.8 Å². The van der Waals surface area contributed by atoms with Crippen LogP contribution in [0.25, 0.3) is 0 Å². The van der Waals surface area contributed by atoms with Crippen LogP contribution in [0.2, 0.25) is 0 Å². The summed E-state index contributed by atoms with van der Waals surface area (Å²) in [6, 6.07) is 8.87. The number of hydrogen-bond acceptors (Lipinski definition) is 2. The molecule has 0 spiro atoms. The molecule has 1 unspecified atom stereocenters. The molecule has 0 fully saturated rings. The van der Waals surface area contributed by atoms with E-state index in [1.54, 1.807) is 0 Å². The van der Waals surface area contributed by atoms with E-state index in [-0.39, 0.29) is 0 Å². The molecule has 2 N–H and O–H groups in total. The van der Waals surface area contributed by atoms with Gasteiger partial charge in [0.25, 0.3) is 0 Å². The Hall–Kier alpha value is -0.860. The van der Waals surface area contributed by atoms with Crippen molar-refractivity contribution >= 4 is 0 Å². The first-order chi connectivity index (χ1) is 10.1. The van der Waals surface area contributed by atoms with Crippen molar-refractivity contribution < 1.29 is 0 Å². The molecule has 1 heterocycles. The summed E-state index contributed by atoms with van der Waals surface area (Å²) in [4.78, 5) is 0. The lowest BCUT2D eigenvalue weighted by atomic mass is 9.86. The summed E-state index contributed by atoms with van der Waals surface area (Å²) in [5.74, 6) is 0.612. The highest BCUT2D eigenvalue weighted by molar-refractivity contribution is 5.32. The van der Waals surface area contributed by atoms with Crippen molar-refractivity contribution in [3.8, 4) is 0 Å². The van der Waals surface area contributed by atoms with Crippen molar-refractivity contribution in [3.05, 3.63) is 35.4 Å². The lowest BCUT2D eigenvalue weighted by molar-refractivity contribution is 0.298. The van der Waals surface area contributed by atoms with Crippen molar-refractivity contribution in [2.45, 2.75) is 58.9 Å². The zero-order valence-corrected chi connectivity index (χ0v) is 14.0. The number of unbranched alkanes of at least 4 members (excludes halogenated alkanes) is 2. The van der Waals surface area contributed by atoms with Crippen LogP contribution >= 0.6 is 0 Å². The van der Waals surface area contributed by atoms with E-state index in [0.717, 1.165) is 26.2 Å². The number of hydrogen-bond donors (Lipinski definition) is 2. The lowest BCUT2D eigenvalue weighted by Crippen LogP contribution is -2.37. The van der Waals surface area contributed by atoms with Crippen molar-refractivity contribution in [2.24, 2.45) is 5.41 Å². The van der Waals surface area contributed by atoms with Gasteiger partial charge in [0.2, 0.25) is 0 Å². The normalized spacial score (nSPS) is 18.5. The Balaban J connectivity index is 1.79. The Morgan fingerprint density at radius 1 is 1.24 bits per heavy atom. The summed E-state index contributed by atoms with van der Waals surface area (Å²) in [5, 5.41) is 7.26. The van der Waals surface area contributed by atoms with Gasteiger partial charge in [-0.05, 0) is 23.0 Å². The smallest absolute Gasteiger partial charge is 0.0208 e. The minimum atomic E-state index is 0.413. The Morgan fingerprint density at radius 2 is 2.05 bits per heavy atom. The van der Waals surface area contributed by atoms with Crippen LogP contribution in [-0.4, -0.2) is 19.6 Å². The Morgan fingerprint density at radius 3 is 2.86 bits per heavy atom. The Kier molecular flexibility index (Phi) is 6.25. The Labute approximate surface area is 130 Å². The van der Waals surface area contributed by atoms with Gasteiger partial charge in [-0.3, -0.25) is 0 Å². The summed E-state index contributed by atoms with van der Waals surface area (Å²) in [7, 11) is 0. The maximum atomic E-state index is 3.72. The predicted molar refractivity (Wildman–Crippen MR) is 91.7 cm³/mol. The van der Waals surface area contributed by atoms with Gasteiger partial charge in [-0.15, -0.1) is 0 Å². The second-order valence-corrected chi connectivity index (χ2v) is 7.28. The molecule has 118 valence electrons. The molecule has 1 aromatic rings. The third-order valence-corrected chi connectivity index (χ3v) is 4.65. The topological polar surface area (TPSA) is 24.1 Å². The molecular weight excluding hydrogens is 256 g/mol. The third kappa shape index (κ3) is 5.12. The molecule has 1 aromatic carbocycles. The highest BCUT2D eigenvalue weighted by atomic mass is 14.9. The summed E-state index contributed by atoms with van der Waals surface area (Å²) < 4.78 is 0. The molecule has 2 nitrogen and oxygen atoms in total. The number of nitrogens with one attached hydrogen (secondary N) is 2. The average Bonchev–Trinajstić information content (AvgIpc) is 2.47. The van der Waals surface area contributed by atoms with Crippen LogP contribution in [0.3, 0.4) is 0 Å². The van der Waals surface area contributed by atoms with Crippen molar-refractivity contribution in [2.75, 3.05) is 19.6 Å². The number of benzene rings is 1. The first-order valence-corrected chi connectivity index (χ1v) is 8.61. The standard InChI is InChI=1S/C19H32N2/c1-4-5-8-11-19(2,3)15-21-14-17-13-20-12-16-9-6-7-10-18(16)17/h6-7,9-10,17,20-21H,4-5,8,11-15H2,1-3H3. The molecule has 1 aliphatic rings. The van der Waals surface area contributed by atoms with E-state index in [0.29, 0.717) is 11.3 Å². The zero-order valence-electron chi connectivity index (χ0n) is 14.0. The molecule has 0 saturated carbocycles. The summed E-state index contributed by atoms with van der Waals surface area (Å²) in [5.41, 5.74) is 3.42. The number of rotatable bonds is 8. The van der Waals surface area contributed by atoms with Gasteiger partial charge in [-0.1, -0.05) is 64.3 Å². The van der Waals surface area contributed by atoms with Gasteiger partial charge in [0, 0.05) is 32.1 Å². The highest BCUT2D eigenvalue weighted by Crippen LogP contribution is 2.25. The first kappa shape index (κ1) is 16.5. The summed E-state index contributed by atoms with van der Waals surface area (Å²) in [6.45, 7) is 11.4. The second-order valence-electron chi connectivity index (χ2n) is 7.28. The van der Waals surface area contributed by atoms with Crippen LogP contribution in [0.1, 0.15) is 63.5 Å². The number of fused-ring (bicyclic) bond motifs is 1. The van der Waals surface area contributed by atoms with E-state index < -0.39 is 0 Å². The third-order valence-electron chi connectivity index (χ3n) is 4.65. The second kappa shape index (κ2) is 7.95. The molecule has 0 saturated heterocycles. The van der Waals surface area contributed by atoms with E-state index in [2.05, 4.69) is 55.7 Å². The average molecular weight is 288 g/mol. The maximum absolute atomic E-state index is 3.72. The molecule has 1 atom stereocenters. The van der Waals surface area contributed by atoms with E-state index in [1.807, 2.05) is 0 Å². The molecule has 1 aliphatic heterocycles. The predicted octanol–water partition coefficient (Wildman–Crippen LogP) is 4.07. The van der Waals surface area contributed by atoms with E-state index >= 15 is 0 Å². The monoisotopic (exact) mass is 288 g/mol. The van der Waals surface area contributed by atoms with Crippen LogP contribution in [0.4, 0.5) is 0 Å². The summed E-state index contributed by atoms with van der Waals surface area (Å²) >= 11 is 0. The lowest BCUT2D eigenvalue weighted by Gasteiger charge is -2.29. The van der Waals surface area contributed by atoms with Crippen LogP contribution in [0.15, 0.2) is 24.3 Å². The Bertz CT molecular complexity index is 425. The van der Waals surface area contributed by atoms with Gasteiger partial charge in [0.1, 0.15) is 0 Å². The van der Waals surface area contributed by atoms with Gasteiger partial charge >= 0.3 is 0 Å². The first-order valence-electron chi connectivity index (χ1n) is 8.61. The molecule has 0 amide bonds.